The zero-order chi connectivity index (χ0) is 10.1. The van der Waals surface area contributed by atoms with Gasteiger partial charge in [-0.15, -0.1) is 0 Å². The summed E-state index contributed by atoms with van der Waals surface area (Å²) in [5, 5.41) is 9.99. The van der Waals surface area contributed by atoms with Gasteiger partial charge in [0.05, 0.1) is 12.2 Å². The summed E-state index contributed by atoms with van der Waals surface area (Å²) in [4.78, 5) is 0. The lowest BCUT2D eigenvalue weighted by Crippen LogP contribution is -2.41. The number of aliphatic hydroxyl groups is 1. The van der Waals surface area contributed by atoms with Gasteiger partial charge in [0.2, 0.25) is 0 Å². The highest BCUT2D eigenvalue weighted by atomic mass is 16.5. The van der Waals surface area contributed by atoms with E-state index in [-0.39, 0.29) is 17.6 Å². The first kappa shape index (κ1) is 11.0. The summed E-state index contributed by atoms with van der Waals surface area (Å²) in [5.74, 6) is 0.496. The van der Waals surface area contributed by atoms with Crippen LogP contribution in [-0.2, 0) is 4.74 Å². The van der Waals surface area contributed by atoms with Crippen LogP contribution >= 0.6 is 0 Å². The first-order chi connectivity index (χ1) is 5.96. The van der Waals surface area contributed by atoms with Crippen LogP contribution in [0.1, 0.15) is 40.5 Å². The maximum atomic E-state index is 9.99. The van der Waals surface area contributed by atoms with Crippen molar-refractivity contribution < 1.29 is 9.84 Å². The molecule has 0 aliphatic heterocycles. The highest BCUT2D eigenvalue weighted by Gasteiger charge is 2.40. The smallest absolute Gasteiger partial charge is 0.0884 e. The van der Waals surface area contributed by atoms with Crippen LogP contribution in [0.25, 0.3) is 0 Å². The first-order valence-electron chi connectivity index (χ1n) is 5.26. The predicted molar refractivity (Wildman–Crippen MR) is 53.6 cm³/mol. The topological polar surface area (TPSA) is 29.5 Å². The molecule has 1 aliphatic rings. The van der Waals surface area contributed by atoms with Crippen LogP contribution in [0.3, 0.4) is 0 Å². The minimum Gasteiger partial charge on any atom is -0.390 e. The molecule has 0 aromatic rings. The third kappa shape index (κ3) is 2.96. The van der Waals surface area contributed by atoms with Crippen LogP contribution in [0.2, 0.25) is 0 Å². The maximum absolute atomic E-state index is 9.99. The third-order valence-corrected chi connectivity index (χ3v) is 2.61. The fourth-order valence-electron chi connectivity index (χ4n) is 1.73. The normalized spacial score (nSPS) is 22.8. The maximum Gasteiger partial charge on any atom is 0.0884 e. The molecule has 2 atom stereocenters. The Balaban J connectivity index is 2.54. The molecule has 78 valence electrons. The Kier molecular flexibility index (Phi) is 3.36. The minimum atomic E-state index is -0.264. The molecule has 0 bridgehead atoms. The number of aliphatic hydroxyl groups excluding tert-OH is 1. The quantitative estimate of drug-likeness (QED) is 0.729. The van der Waals surface area contributed by atoms with Gasteiger partial charge in [-0.25, -0.2) is 0 Å². The van der Waals surface area contributed by atoms with Gasteiger partial charge < -0.3 is 9.84 Å². The van der Waals surface area contributed by atoms with E-state index in [2.05, 4.69) is 20.8 Å². The lowest BCUT2D eigenvalue weighted by Gasteiger charge is -2.34. The zero-order valence-electron chi connectivity index (χ0n) is 9.21. The molecule has 1 rings (SSSR count). The molecule has 2 nitrogen and oxygen atoms in total. The van der Waals surface area contributed by atoms with Gasteiger partial charge >= 0.3 is 0 Å². The molecule has 0 aromatic heterocycles. The van der Waals surface area contributed by atoms with Crippen molar-refractivity contribution in [2.24, 2.45) is 11.3 Å². The number of ether oxygens (including phenoxy) is 1. The monoisotopic (exact) mass is 186 g/mol. The van der Waals surface area contributed by atoms with E-state index in [1.54, 1.807) is 0 Å². The first-order valence-corrected chi connectivity index (χ1v) is 5.26. The van der Waals surface area contributed by atoms with Crippen LogP contribution < -0.4 is 0 Å². The second-order valence-corrected chi connectivity index (χ2v) is 5.07. The molecule has 1 N–H and O–H groups in total. The number of hydrogen-bond donors (Lipinski definition) is 1. The molecular weight excluding hydrogens is 164 g/mol. The molecule has 0 radical (unpaired) electrons. The fraction of sp³-hybridized carbons (Fsp3) is 1.00. The van der Waals surface area contributed by atoms with Crippen molar-refractivity contribution in [2.75, 3.05) is 6.61 Å². The van der Waals surface area contributed by atoms with Gasteiger partial charge in [-0.2, -0.15) is 0 Å². The molecule has 2 unspecified atom stereocenters. The van der Waals surface area contributed by atoms with E-state index < -0.39 is 0 Å². The van der Waals surface area contributed by atoms with E-state index in [0.29, 0.717) is 12.5 Å². The molecule has 13 heavy (non-hydrogen) atoms. The van der Waals surface area contributed by atoms with E-state index in [4.69, 9.17) is 4.74 Å². The summed E-state index contributed by atoms with van der Waals surface area (Å²) in [5.41, 5.74) is 0.0397. The van der Waals surface area contributed by atoms with Gasteiger partial charge in [0.1, 0.15) is 0 Å². The van der Waals surface area contributed by atoms with Gasteiger partial charge in [-0.3, -0.25) is 0 Å². The number of rotatable bonds is 4. The highest BCUT2D eigenvalue weighted by Crippen LogP contribution is 2.39. The Bertz CT molecular complexity index is 156. The van der Waals surface area contributed by atoms with E-state index in [0.717, 1.165) is 0 Å². The standard InChI is InChI=1S/C11H22O2/c1-5-13-10(11(2,3)4)9(12)8-6-7-8/h8-10,12H,5-7H2,1-4H3. The Hall–Kier alpha value is -0.0800. The average Bonchev–Trinajstić information content (AvgIpc) is 2.78. The Morgan fingerprint density at radius 2 is 1.92 bits per heavy atom. The zero-order valence-corrected chi connectivity index (χ0v) is 9.21. The molecular formula is C11H22O2. The van der Waals surface area contributed by atoms with Crippen LogP contribution in [0.4, 0.5) is 0 Å². The lowest BCUT2D eigenvalue weighted by molar-refractivity contribution is -0.0952. The van der Waals surface area contributed by atoms with E-state index in [9.17, 15) is 5.11 Å². The van der Waals surface area contributed by atoms with Crippen LogP contribution in [0.15, 0.2) is 0 Å². The summed E-state index contributed by atoms with van der Waals surface area (Å²) >= 11 is 0. The second kappa shape index (κ2) is 3.97. The van der Waals surface area contributed by atoms with E-state index >= 15 is 0 Å². The van der Waals surface area contributed by atoms with Crippen molar-refractivity contribution in [3.63, 3.8) is 0 Å². The number of hydrogen-bond acceptors (Lipinski definition) is 2. The molecule has 1 saturated carbocycles. The predicted octanol–water partition coefficient (Wildman–Crippen LogP) is 2.21. The van der Waals surface area contributed by atoms with Crippen molar-refractivity contribution in [1.29, 1.82) is 0 Å². The lowest BCUT2D eigenvalue weighted by atomic mass is 9.84. The second-order valence-electron chi connectivity index (χ2n) is 5.07. The van der Waals surface area contributed by atoms with E-state index in [1.807, 2.05) is 6.92 Å². The third-order valence-electron chi connectivity index (χ3n) is 2.61. The summed E-state index contributed by atoms with van der Waals surface area (Å²) < 4.78 is 5.62. The van der Waals surface area contributed by atoms with Gasteiger partial charge in [0.25, 0.3) is 0 Å². The average molecular weight is 186 g/mol. The molecule has 0 saturated heterocycles. The molecule has 2 heteroatoms. The van der Waals surface area contributed by atoms with Crippen molar-refractivity contribution in [3.8, 4) is 0 Å². The van der Waals surface area contributed by atoms with Crippen LogP contribution in [0, 0.1) is 11.3 Å². The van der Waals surface area contributed by atoms with Gasteiger partial charge in [0.15, 0.2) is 0 Å². The highest BCUT2D eigenvalue weighted by molar-refractivity contribution is 4.91. The summed E-state index contributed by atoms with van der Waals surface area (Å²) in [6.45, 7) is 9.04. The fourth-order valence-corrected chi connectivity index (χ4v) is 1.73. The van der Waals surface area contributed by atoms with Gasteiger partial charge in [-0.05, 0) is 31.1 Å². The van der Waals surface area contributed by atoms with Crippen molar-refractivity contribution in [2.45, 2.75) is 52.7 Å². The summed E-state index contributed by atoms with van der Waals surface area (Å²) in [7, 11) is 0. The van der Waals surface area contributed by atoms with Crippen molar-refractivity contribution in [1.82, 2.24) is 0 Å². The van der Waals surface area contributed by atoms with Gasteiger partial charge in [-0.1, -0.05) is 20.8 Å². The molecule has 0 amide bonds. The molecule has 0 aromatic carbocycles. The molecule has 1 fully saturated rings. The van der Waals surface area contributed by atoms with Crippen LogP contribution in [-0.4, -0.2) is 23.9 Å². The Morgan fingerprint density at radius 3 is 2.23 bits per heavy atom. The molecule has 0 heterocycles. The molecule has 0 spiro atoms. The summed E-state index contributed by atoms with van der Waals surface area (Å²) in [6, 6.07) is 0. The Labute approximate surface area is 81.3 Å². The summed E-state index contributed by atoms with van der Waals surface area (Å²) in [6.07, 6.45) is 2.06. The minimum absolute atomic E-state index is 0.00926. The van der Waals surface area contributed by atoms with Gasteiger partial charge in [0, 0.05) is 6.61 Å². The Morgan fingerprint density at radius 1 is 1.38 bits per heavy atom. The largest absolute Gasteiger partial charge is 0.390 e. The van der Waals surface area contributed by atoms with E-state index in [1.165, 1.54) is 12.8 Å². The van der Waals surface area contributed by atoms with Crippen molar-refractivity contribution >= 4 is 0 Å². The van der Waals surface area contributed by atoms with Crippen molar-refractivity contribution in [3.05, 3.63) is 0 Å². The SMILES string of the molecule is CCOC(C(O)C1CC1)C(C)(C)C. The molecule has 1 aliphatic carbocycles. The van der Waals surface area contributed by atoms with Crippen LogP contribution in [0.5, 0.6) is 0 Å².